The lowest BCUT2D eigenvalue weighted by Crippen LogP contribution is -2.33. The molecule has 1 saturated carbocycles. The lowest BCUT2D eigenvalue weighted by atomic mass is 9.81. The van der Waals surface area contributed by atoms with E-state index in [1.54, 1.807) is 36.7 Å². The molecule has 0 saturated heterocycles. The minimum absolute atomic E-state index is 0.0743. The van der Waals surface area contributed by atoms with Crippen molar-refractivity contribution in [1.82, 2.24) is 9.97 Å². The lowest BCUT2D eigenvalue weighted by Gasteiger charge is -2.29. The number of aromatic nitrogens is 2. The van der Waals surface area contributed by atoms with Gasteiger partial charge < -0.3 is 9.47 Å². The molecule has 0 aliphatic heterocycles. The van der Waals surface area contributed by atoms with Crippen molar-refractivity contribution in [2.75, 3.05) is 6.61 Å². The van der Waals surface area contributed by atoms with Crippen molar-refractivity contribution in [3.8, 4) is 22.9 Å². The molecule has 0 spiro atoms. The summed E-state index contributed by atoms with van der Waals surface area (Å²) in [7, 11) is 0. The Kier molecular flexibility index (Phi) is 10.4. The Balaban J connectivity index is 1.43. The fourth-order valence-electron chi connectivity index (χ4n) is 4.36. The molecule has 2 atom stereocenters. The van der Waals surface area contributed by atoms with Crippen LogP contribution < -0.4 is 9.47 Å². The summed E-state index contributed by atoms with van der Waals surface area (Å²) in [6.45, 7) is 2.85. The maximum Gasteiger partial charge on any atom is 0.391 e. The zero-order valence-corrected chi connectivity index (χ0v) is 20.4. The summed E-state index contributed by atoms with van der Waals surface area (Å²) in [6, 6.07) is 6.64. The van der Waals surface area contributed by atoms with Crippen LogP contribution in [0.15, 0.2) is 36.7 Å². The normalized spacial score (nSPS) is 18.3. The Morgan fingerprint density at radius 2 is 1.60 bits per heavy atom. The van der Waals surface area contributed by atoms with E-state index in [4.69, 9.17) is 9.47 Å². The molecule has 0 radical (unpaired) electrons. The third-order valence-corrected chi connectivity index (χ3v) is 6.45. The summed E-state index contributed by atoms with van der Waals surface area (Å²) in [5.74, 6) is -1.35. The number of hydrogen-bond donors (Lipinski definition) is 0. The molecule has 5 nitrogen and oxygen atoms in total. The van der Waals surface area contributed by atoms with Gasteiger partial charge in [-0.05, 0) is 49.9 Å². The summed E-state index contributed by atoms with van der Waals surface area (Å²) in [5.41, 5.74) is 0.734. The lowest BCUT2D eigenvalue weighted by molar-refractivity contribution is -0.187. The molecule has 2 unspecified atom stereocenters. The Labute approximate surface area is 205 Å². The van der Waals surface area contributed by atoms with Crippen molar-refractivity contribution in [3.63, 3.8) is 0 Å². The van der Waals surface area contributed by atoms with Crippen molar-refractivity contribution in [3.05, 3.63) is 36.7 Å². The first-order valence-electron chi connectivity index (χ1n) is 12.7. The Morgan fingerprint density at radius 1 is 0.943 bits per heavy atom. The molecule has 35 heavy (non-hydrogen) atoms. The SMILES string of the molecule is CCCCCCCCCOc1cnc(-c2ccc(OC(=O)C3CCCC(C(F)(F)F)C3)cc2)nc1. The van der Waals surface area contributed by atoms with Crippen molar-refractivity contribution < 1.29 is 27.4 Å². The molecule has 0 bridgehead atoms. The molecule has 1 aliphatic rings. The van der Waals surface area contributed by atoms with Gasteiger partial charge in [-0.1, -0.05) is 51.9 Å². The molecule has 3 rings (SSSR count). The zero-order chi connectivity index (χ0) is 25.1. The average molecular weight is 493 g/mol. The second-order valence-electron chi connectivity index (χ2n) is 9.26. The van der Waals surface area contributed by atoms with Gasteiger partial charge in [0, 0.05) is 5.56 Å². The van der Waals surface area contributed by atoms with E-state index < -0.39 is 24.0 Å². The van der Waals surface area contributed by atoms with E-state index in [0.717, 1.165) is 18.4 Å². The number of halogens is 3. The highest BCUT2D eigenvalue weighted by Crippen LogP contribution is 2.40. The number of alkyl halides is 3. The molecule has 1 aliphatic carbocycles. The Morgan fingerprint density at radius 3 is 2.26 bits per heavy atom. The number of unbranched alkanes of at least 4 members (excludes halogenated alkanes) is 6. The number of esters is 1. The van der Waals surface area contributed by atoms with Crippen LogP contribution in [0.25, 0.3) is 11.4 Å². The molecule has 2 aromatic rings. The monoisotopic (exact) mass is 492 g/mol. The minimum Gasteiger partial charge on any atom is -0.490 e. The van der Waals surface area contributed by atoms with Gasteiger partial charge in [-0.25, -0.2) is 9.97 Å². The van der Waals surface area contributed by atoms with Crippen LogP contribution in [-0.4, -0.2) is 28.7 Å². The number of rotatable bonds is 12. The van der Waals surface area contributed by atoms with E-state index >= 15 is 0 Å². The third-order valence-electron chi connectivity index (χ3n) is 6.45. The predicted octanol–water partition coefficient (Wildman–Crippen LogP) is 7.55. The molecule has 1 fully saturated rings. The van der Waals surface area contributed by atoms with E-state index in [1.807, 2.05) is 0 Å². The minimum atomic E-state index is -4.27. The molecule has 0 amide bonds. The van der Waals surface area contributed by atoms with E-state index in [9.17, 15) is 18.0 Å². The number of carbonyl (C=O) groups excluding carboxylic acids is 1. The average Bonchev–Trinajstić information content (AvgIpc) is 2.86. The van der Waals surface area contributed by atoms with Crippen LogP contribution in [0.2, 0.25) is 0 Å². The first-order chi connectivity index (χ1) is 16.9. The second-order valence-corrected chi connectivity index (χ2v) is 9.26. The maximum absolute atomic E-state index is 13.0. The van der Waals surface area contributed by atoms with Crippen LogP contribution in [0.3, 0.4) is 0 Å². The molecule has 0 N–H and O–H groups in total. The molecule has 8 heteroatoms. The summed E-state index contributed by atoms with van der Waals surface area (Å²) < 4.78 is 50.1. The third kappa shape index (κ3) is 8.82. The predicted molar refractivity (Wildman–Crippen MR) is 128 cm³/mol. The number of nitrogens with zero attached hydrogens (tertiary/aromatic N) is 2. The Hall–Kier alpha value is -2.64. The van der Waals surface area contributed by atoms with Gasteiger partial charge in [0.25, 0.3) is 0 Å². The second kappa shape index (κ2) is 13.4. The maximum atomic E-state index is 13.0. The first kappa shape index (κ1) is 27.0. The molecular formula is C27H35F3N2O3. The van der Waals surface area contributed by atoms with Gasteiger partial charge in [-0.2, -0.15) is 13.2 Å². The standard InChI is InChI=1S/C27H35F3N2O3/c1-2-3-4-5-6-7-8-16-34-24-18-31-25(32-19-24)20-12-14-23(15-13-20)35-26(33)21-10-9-11-22(17-21)27(28,29)30/h12-15,18-19,21-22H,2-11,16-17H2,1H3. The van der Waals surface area contributed by atoms with Crippen LogP contribution in [0.5, 0.6) is 11.5 Å². The van der Waals surface area contributed by atoms with Crippen molar-refractivity contribution in [2.45, 2.75) is 83.7 Å². The topological polar surface area (TPSA) is 61.3 Å². The number of ether oxygens (including phenoxy) is 2. The highest BCUT2D eigenvalue weighted by molar-refractivity contribution is 5.75. The van der Waals surface area contributed by atoms with E-state index in [0.29, 0.717) is 36.8 Å². The van der Waals surface area contributed by atoms with Gasteiger partial charge >= 0.3 is 12.1 Å². The van der Waals surface area contributed by atoms with E-state index in [1.165, 1.54) is 32.1 Å². The fourth-order valence-corrected chi connectivity index (χ4v) is 4.36. The number of benzene rings is 1. The highest BCUT2D eigenvalue weighted by Gasteiger charge is 2.44. The quantitative estimate of drug-likeness (QED) is 0.174. The summed E-state index contributed by atoms with van der Waals surface area (Å²) in [4.78, 5) is 21.1. The molecular weight excluding hydrogens is 457 g/mol. The van der Waals surface area contributed by atoms with Gasteiger partial charge in [0.15, 0.2) is 11.6 Å². The van der Waals surface area contributed by atoms with Crippen LogP contribution in [-0.2, 0) is 4.79 Å². The smallest absolute Gasteiger partial charge is 0.391 e. The largest absolute Gasteiger partial charge is 0.490 e. The van der Waals surface area contributed by atoms with Gasteiger partial charge in [0.2, 0.25) is 0 Å². The molecule has 192 valence electrons. The van der Waals surface area contributed by atoms with E-state index in [2.05, 4.69) is 16.9 Å². The first-order valence-corrected chi connectivity index (χ1v) is 12.7. The molecule has 1 aromatic carbocycles. The van der Waals surface area contributed by atoms with Gasteiger partial charge in [0.1, 0.15) is 5.75 Å². The van der Waals surface area contributed by atoms with Gasteiger partial charge in [-0.15, -0.1) is 0 Å². The molecule has 1 aromatic heterocycles. The van der Waals surface area contributed by atoms with Crippen molar-refractivity contribution >= 4 is 5.97 Å². The van der Waals surface area contributed by atoms with Crippen LogP contribution in [0.4, 0.5) is 13.2 Å². The summed E-state index contributed by atoms with van der Waals surface area (Å²) in [6.07, 6.45) is 8.21. The van der Waals surface area contributed by atoms with E-state index in [-0.39, 0.29) is 12.8 Å². The zero-order valence-electron chi connectivity index (χ0n) is 20.4. The van der Waals surface area contributed by atoms with Gasteiger partial charge in [0.05, 0.1) is 30.8 Å². The Bertz CT molecular complexity index is 901. The highest BCUT2D eigenvalue weighted by atomic mass is 19.4. The summed E-state index contributed by atoms with van der Waals surface area (Å²) >= 11 is 0. The number of carbonyl (C=O) groups is 1. The fraction of sp³-hybridized carbons (Fsp3) is 0.593. The molecule has 1 heterocycles. The van der Waals surface area contributed by atoms with Crippen molar-refractivity contribution in [1.29, 1.82) is 0 Å². The van der Waals surface area contributed by atoms with Gasteiger partial charge in [-0.3, -0.25) is 4.79 Å². The summed E-state index contributed by atoms with van der Waals surface area (Å²) in [5, 5.41) is 0. The number of hydrogen-bond acceptors (Lipinski definition) is 5. The van der Waals surface area contributed by atoms with Crippen LogP contribution in [0.1, 0.15) is 77.6 Å². The van der Waals surface area contributed by atoms with Crippen LogP contribution in [0, 0.1) is 11.8 Å². The van der Waals surface area contributed by atoms with Crippen LogP contribution >= 0.6 is 0 Å². The van der Waals surface area contributed by atoms with Crippen molar-refractivity contribution in [2.24, 2.45) is 11.8 Å².